The standard InChI is InChI=1S/C25H33ClFN5O3Si/c1-13(2)35-21-16(25(4,36)24-30-14(3)20-22(28)29-8-11-32(20)24)12-17(26)19(27)18(21)23(33)31-9-6-15(34-5)7-10-31/h8,11-13,15H,6-7,9-10H2,1-5,36H3,(H2,28,29)/t25-/m0/s1. The van der Waals surface area contributed by atoms with E-state index in [1.165, 1.54) is 0 Å². The number of anilines is 1. The molecule has 0 bridgehead atoms. The Balaban J connectivity index is 1.90. The summed E-state index contributed by atoms with van der Waals surface area (Å²) < 4.78 is 29.1. The number of halogens is 2. The Morgan fingerprint density at radius 1 is 1.36 bits per heavy atom. The number of nitrogens with two attached hydrogens (primary N) is 1. The van der Waals surface area contributed by atoms with Gasteiger partial charge >= 0.3 is 0 Å². The van der Waals surface area contributed by atoms with Gasteiger partial charge < -0.3 is 20.1 Å². The maximum atomic E-state index is 15.6. The number of carbonyl (C=O) groups excluding carboxylic acids is 1. The smallest absolute Gasteiger partial charge is 0.260 e. The lowest BCUT2D eigenvalue weighted by Gasteiger charge is -2.33. The second-order valence-electron chi connectivity index (χ2n) is 9.99. The summed E-state index contributed by atoms with van der Waals surface area (Å²) in [5.41, 5.74) is 8.07. The van der Waals surface area contributed by atoms with E-state index in [2.05, 4.69) is 4.98 Å². The highest BCUT2D eigenvalue weighted by atomic mass is 35.5. The summed E-state index contributed by atoms with van der Waals surface area (Å²) in [7, 11) is 2.22. The van der Waals surface area contributed by atoms with Crippen LogP contribution in [-0.2, 0) is 9.78 Å². The number of fused-ring (bicyclic) bond motifs is 1. The molecule has 2 N–H and O–H groups in total. The highest BCUT2D eigenvalue weighted by Crippen LogP contribution is 2.42. The van der Waals surface area contributed by atoms with E-state index in [1.54, 1.807) is 30.5 Å². The Hall–Kier alpha value is -2.69. The molecule has 36 heavy (non-hydrogen) atoms. The Kier molecular flexibility index (Phi) is 7.32. The molecule has 0 saturated carbocycles. The minimum atomic E-state index is -0.773. The molecule has 1 fully saturated rings. The van der Waals surface area contributed by atoms with Gasteiger partial charge in [-0.15, -0.1) is 0 Å². The number of nitrogen functional groups attached to an aromatic ring is 1. The van der Waals surface area contributed by atoms with Crippen molar-refractivity contribution in [3.8, 4) is 5.75 Å². The minimum Gasteiger partial charge on any atom is -0.490 e. The number of benzene rings is 1. The Labute approximate surface area is 218 Å². The number of imidazole rings is 1. The van der Waals surface area contributed by atoms with Crippen molar-refractivity contribution >= 4 is 39.1 Å². The zero-order valence-corrected chi connectivity index (χ0v) is 24.3. The number of carbonyl (C=O) groups is 1. The van der Waals surface area contributed by atoms with E-state index in [-0.39, 0.29) is 28.5 Å². The molecule has 1 aliphatic heterocycles. The van der Waals surface area contributed by atoms with Gasteiger partial charge in [0.1, 0.15) is 28.5 Å². The Morgan fingerprint density at radius 3 is 2.64 bits per heavy atom. The van der Waals surface area contributed by atoms with E-state index < -0.39 is 16.8 Å². The van der Waals surface area contributed by atoms with Gasteiger partial charge in [0.15, 0.2) is 5.82 Å². The van der Waals surface area contributed by atoms with Gasteiger partial charge in [0.25, 0.3) is 5.91 Å². The van der Waals surface area contributed by atoms with Crippen molar-refractivity contribution in [1.29, 1.82) is 0 Å². The number of ether oxygens (including phenoxy) is 2. The minimum absolute atomic E-state index is 0.0871. The molecule has 0 aliphatic carbocycles. The molecule has 3 heterocycles. The van der Waals surface area contributed by atoms with Gasteiger partial charge in [0.05, 0.1) is 22.9 Å². The van der Waals surface area contributed by atoms with Crippen molar-refractivity contribution in [2.24, 2.45) is 0 Å². The molecule has 194 valence electrons. The summed E-state index contributed by atoms with van der Waals surface area (Å²) in [5.74, 6) is 0.0740. The Morgan fingerprint density at radius 2 is 2.03 bits per heavy atom. The average Bonchev–Trinajstić information content (AvgIpc) is 3.19. The van der Waals surface area contributed by atoms with E-state index >= 15 is 4.39 Å². The molecule has 1 atom stereocenters. The molecule has 1 aliphatic rings. The van der Waals surface area contributed by atoms with Gasteiger partial charge in [-0.1, -0.05) is 18.5 Å². The second kappa shape index (κ2) is 9.99. The van der Waals surface area contributed by atoms with Crippen molar-refractivity contribution in [2.45, 2.75) is 57.8 Å². The van der Waals surface area contributed by atoms with Crippen LogP contribution in [0.4, 0.5) is 10.2 Å². The van der Waals surface area contributed by atoms with Crippen LogP contribution in [0.2, 0.25) is 5.02 Å². The largest absolute Gasteiger partial charge is 0.490 e. The van der Waals surface area contributed by atoms with Crippen LogP contribution in [-0.4, -0.2) is 67.8 Å². The van der Waals surface area contributed by atoms with E-state index in [4.69, 9.17) is 31.8 Å². The fourth-order valence-electron chi connectivity index (χ4n) is 4.88. The third-order valence-electron chi connectivity index (χ3n) is 6.79. The molecule has 3 aromatic rings. The summed E-state index contributed by atoms with van der Waals surface area (Å²) in [6.45, 7) is 8.50. The van der Waals surface area contributed by atoms with Gasteiger partial charge in [-0.05, 0) is 39.7 Å². The van der Waals surface area contributed by atoms with E-state index in [0.29, 0.717) is 58.9 Å². The third kappa shape index (κ3) is 4.57. The molecular formula is C25H33ClFN5O3Si. The van der Waals surface area contributed by atoms with E-state index in [1.807, 2.05) is 32.1 Å². The van der Waals surface area contributed by atoms with Gasteiger partial charge in [-0.2, -0.15) is 0 Å². The normalized spacial score (nSPS) is 16.6. The molecule has 11 heteroatoms. The molecular weight excluding hydrogens is 501 g/mol. The third-order valence-corrected chi connectivity index (χ3v) is 8.05. The van der Waals surface area contributed by atoms with Gasteiger partial charge in [-0.3, -0.25) is 9.20 Å². The molecule has 1 saturated heterocycles. The van der Waals surface area contributed by atoms with Crippen LogP contribution in [0.1, 0.15) is 61.1 Å². The van der Waals surface area contributed by atoms with Crippen LogP contribution >= 0.6 is 11.6 Å². The number of hydrogen-bond donors (Lipinski definition) is 1. The van der Waals surface area contributed by atoms with Crippen LogP contribution < -0.4 is 10.5 Å². The number of amides is 1. The summed E-state index contributed by atoms with van der Waals surface area (Å²) in [4.78, 5) is 24.4. The van der Waals surface area contributed by atoms with Crippen molar-refractivity contribution in [3.05, 3.63) is 51.9 Å². The molecule has 2 aromatic heterocycles. The zero-order valence-electron chi connectivity index (χ0n) is 21.6. The fourth-order valence-corrected chi connectivity index (χ4v) is 5.81. The highest BCUT2D eigenvalue weighted by Gasteiger charge is 2.38. The first kappa shape index (κ1) is 26.4. The molecule has 0 radical (unpaired) electrons. The number of likely N-dealkylation sites (tertiary alicyclic amines) is 1. The van der Waals surface area contributed by atoms with Gasteiger partial charge in [0.2, 0.25) is 0 Å². The Bertz CT molecular complexity index is 1300. The van der Waals surface area contributed by atoms with Crippen molar-refractivity contribution in [1.82, 2.24) is 19.3 Å². The SMILES string of the molecule is COC1CCN(C(=O)c2c(F)c(Cl)cc([C@](C)([SiH3])c3nc(C)c4c(N)nccn34)c2OC(C)C)CC1. The van der Waals surface area contributed by atoms with Crippen molar-refractivity contribution in [3.63, 3.8) is 0 Å². The first-order chi connectivity index (χ1) is 17.0. The van der Waals surface area contributed by atoms with Crippen LogP contribution in [0.5, 0.6) is 5.75 Å². The first-order valence-electron chi connectivity index (χ1n) is 12.1. The quantitative estimate of drug-likeness (QED) is 0.489. The summed E-state index contributed by atoms with van der Waals surface area (Å²) in [5, 5.41) is -0.831. The first-order valence-corrected chi connectivity index (χ1v) is 13.5. The molecule has 4 rings (SSSR count). The number of methoxy groups -OCH3 is 1. The maximum absolute atomic E-state index is 15.6. The van der Waals surface area contributed by atoms with Crippen LogP contribution in [0.15, 0.2) is 18.5 Å². The number of aromatic nitrogens is 3. The van der Waals surface area contributed by atoms with Crippen LogP contribution in [0.25, 0.3) is 5.52 Å². The summed E-state index contributed by atoms with van der Waals surface area (Å²) in [6.07, 6.45) is 4.58. The molecule has 8 nitrogen and oxygen atoms in total. The number of aryl methyl sites for hydroxylation is 1. The van der Waals surface area contributed by atoms with Crippen LogP contribution in [0, 0.1) is 12.7 Å². The lowest BCUT2D eigenvalue weighted by Crippen LogP contribution is -2.41. The molecule has 1 aromatic carbocycles. The monoisotopic (exact) mass is 533 g/mol. The number of piperidine rings is 1. The number of hydrogen-bond acceptors (Lipinski definition) is 6. The predicted octanol–water partition coefficient (Wildman–Crippen LogP) is 3.08. The summed E-state index contributed by atoms with van der Waals surface area (Å²) >= 11 is 6.44. The van der Waals surface area contributed by atoms with Gasteiger partial charge in [-0.25, -0.2) is 14.4 Å². The number of nitrogens with zero attached hydrogens (tertiary/aromatic N) is 4. The summed E-state index contributed by atoms with van der Waals surface area (Å²) in [6, 6.07) is 1.57. The van der Waals surface area contributed by atoms with Crippen molar-refractivity contribution in [2.75, 3.05) is 25.9 Å². The van der Waals surface area contributed by atoms with Gasteiger partial charge in [0, 0.05) is 53.4 Å². The topological polar surface area (TPSA) is 95.0 Å². The van der Waals surface area contributed by atoms with E-state index in [0.717, 1.165) is 5.69 Å². The van der Waals surface area contributed by atoms with Crippen molar-refractivity contribution < 1.29 is 18.7 Å². The lowest BCUT2D eigenvalue weighted by atomic mass is 9.93. The highest BCUT2D eigenvalue weighted by molar-refractivity contribution is 6.31. The van der Waals surface area contributed by atoms with E-state index in [9.17, 15) is 4.79 Å². The maximum Gasteiger partial charge on any atom is 0.260 e. The lowest BCUT2D eigenvalue weighted by molar-refractivity contribution is 0.0345. The zero-order chi connectivity index (χ0) is 26.4. The van der Waals surface area contributed by atoms with Crippen LogP contribution in [0.3, 0.4) is 0 Å². The molecule has 0 unspecified atom stereocenters. The molecule has 1 amide bonds. The predicted molar refractivity (Wildman–Crippen MR) is 142 cm³/mol. The average molecular weight is 534 g/mol. The molecule has 0 spiro atoms. The number of rotatable bonds is 6. The fraction of sp³-hybridized carbons (Fsp3) is 0.480. The second-order valence-corrected chi connectivity index (χ2v) is 12.4.